The van der Waals surface area contributed by atoms with E-state index < -0.39 is 0 Å². The fourth-order valence-corrected chi connectivity index (χ4v) is 3.35. The molecule has 1 aliphatic carbocycles. The average molecular weight is 256 g/mol. The van der Waals surface area contributed by atoms with Gasteiger partial charge in [0.25, 0.3) is 0 Å². The predicted molar refractivity (Wildman–Crippen MR) is 77.9 cm³/mol. The summed E-state index contributed by atoms with van der Waals surface area (Å²) in [4.78, 5) is 2.31. The molecule has 0 radical (unpaired) electrons. The van der Waals surface area contributed by atoms with Gasteiger partial charge in [-0.05, 0) is 38.8 Å². The van der Waals surface area contributed by atoms with Gasteiger partial charge in [0.2, 0.25) is 0 Å². The molecule has 0 heterocycles. The molecule has 2 N–H and O–H groups in total. The molecule has 3 heteroatoms. The van der Waals surface area contributed by atoms with Crippen LogP contribution in [0.5, 0.6) is 0 Å². The highest BCUT2D eigenvalue weighted by Gasteiger charge is 2.31. The van der Waals surface area contributed by atoms with Crippen LogP contribution in [0.4, 0.5) is 0 Å². The van der Waals surface area contributed by atoms with Crippen LogP contribution in [0.15, 0.2) is 0 Å². The van der Waals surface area contributed by atoms with Gasteiger partial charge in [-0.2, -0.15) is 0 Å². The second-order valence-electron chi connectivity index (χ2n) is 6.24. The van der Waals surface area contributed by atoms with Crippen LogP contribution >= 0.6 is 0 Å². The first-order chi connectivity index (χ1) is 8.58. The maximum absolute atomic E-state index is 9.51. The van der Waals surface area contributed by atoms with Crippen LogP contribution in [-0.4, -0.2) is 49.3 Å². The first-order valence-electron chi connectivity index (χ1n) is 7.65. The fourth-order valence-electron chi connectivity index (χ4n) is 3.35. The molecule has 1 atom stereocenters. The van der Waals surface area contributed by atoms with Crippen LogP contribution in [0.3, 0.4) is 0 Å². The lowest BCUT2D eigenvalue weighted by atomic mass is 9.79. The van der Waals surface area contributed by atoms with Gasteiger partial charge in [0.1, 0.15) is 0 Å². The highest BCUT2D eigenvalue weighted by Crippen LogP contribution is 2.35. The Balaban J connectivity index is 2.57. The van der Waals surface area contributed by atoms with E-state index in [0.717, 1.165) is 26.2 Å². The number of aliphatic hydroxyl groups excluding tert-OH is 1. The summed E-state index contributed by atoms with van der Waals surface area (Å²) in [6, 6.07) is 0. The largest absolute Gasteiger partial charge is 0.392 e. The van der Waals surface area contributed by atoms with E-state index in [9.17, 15) is 5.11 Å². The number of nitrogens with one attached hydrogen (secondary N) is 1. The molecular weight excluding hydrogens is 224 g/mol. The number of likely N-dealkylation sites (N-methyl/N-ethyl adjacent to an activating group) is 1. The Morgan fingerprint density at radius 3 is 2.33 bits per heavy atom. The Labute approximate surface area is 113 Å². The first kappa shape index (κ1) is 15.9. The standard InChI is InChI=1S/C15H32N2O/c1-4-16-12-15(9-7-5-6-8-10-15)13-17(3)11-14(2)18/h14,16,18H,4-13H2,1-3H3. The minimum Gasteiger partial charge on any atom is -0.392 e. The fraction of sp³-hybridized carbons (Fsp3) is 1.00. The zero-order chi connectivity index (χ0) is 13.4. The molecule has 3 nitrogen and oxygen atoms in total. The summed E-state index contributed by atoms with van der Waals surface area (Å²) in [5.74, 6) is 0. The van der Waals surface area contributed by atoms with Gasteiger partial charge in [0.15, 0.2) is 0 Å². The molecule has 18 heavy (non-hydrogen) atoms. The number of rotatable bonds is 7. The van der Waals surface area contributed by atoms with Crippen molar-refractivity contribution in [2.24, 2.45) is 5.41 Å². The highest BCUT2D eigenvalue weighted by molar-refractivity contribution is 4.86. The summed E-state index contributed by atoms with van der Waals surface area (Å²) in [6.45, 7) is 8.15. The lowest BCUT2D eigenvalue weighted by molar-refractivity contribution is 0.0951. The number of hydrogen-bond acceptors (Lipinski definition) is 3. The Morgan fingerprint density at radius 2 is 1.83 bits per heavy atom. The van der Waals surface area contributed by atoms with Gasteiger partial charge in [0, 0.05) is 19.6 Å². The Morgan fingerprint density at radius 1 is 1.22 bits per heavy atom. The molecule has 0 bridgehead atoms. The summed E-state index contributed by atoms with van der Waals surface area (Å²) in [5, 5.41) is 13.1. The van der Waals surface area contributed by atoms with Crippen molar-refractivity contribution in [1.29, 1.82) is 0 Å². The SMILES string of the molecule is CCNCC1(CN(C)CC(C)O)CCCCCC1. The van der Waals surface area contributed by atoms with Crippen LogP contribution in [-0.2, 0) is 0 Å². The molecule has 0 aliphatic heterocycles. The van der Waals surface area contributed by atoms with E-state index in [1.807, 2.05) is 6.92 Å². The van der Waals surface area contributed by atoms with Crippen molar-refractivity contribution < 1.29 is 5.11 Å². The summed E-state index contributed by atoms with van der Waals surface area (Å²) < 4.78 is 0. The second-order valence-corrected chi connectivity index (χ2v) is 6.24. The smallest absolute Gasteiger partial charge is 0.0638 e. The third-order valence-corrected chi connectivity index (χ3v) is 4.10. The Hall–Kier alpha value is -0.120. The first-order valence-corrected chi connectivity index (χ1v) is 7.65. The molecule has 0 aromatic carbocycles. The van der Waals surface area contributed by atoms with Crippen molar-refractivity contribution in [1.82, 2.24) is 10.2 Å². The maximum atomic E-state index is 9.51. The van der Waals surface area contributed by atoms with Crippen molar-refractivity contribution >= 4 is 0 Å². The zero-order valence-corrected chi connectivity index (χ0v) is 12.5. The lowest BCUT2D eigenvalue weighted by Gasteiger charge is -2.37. The van der Waals surface area contributed by atoms with E-state index in [2.05, 4.69) is 24.2 Å². The van der Waals surface area contributed by atoms with Crippen LogP contribution in [0, 0.1) is 5.41 Å². The molecule has 1 aliphatic rings. The zero-order valence-electron chi connectivity index (χ0n) is 12.5. The van der Waals surface area contributed by atoms with E-state index in [0.29, 0.717) is 5.41 Å². The van der Waals surface area contributed by atoms with Gasteiger partial charge < -0.3 is 15.3 Å². The molecule has 1 saturated carbocycles. The van der Waals surface area contributed by atoms with E-state index in [1.165, 1.54) is 38.5 Å². The van der Waals surface area contributed by atoms with Crippen LogP contribution in [0.2, 0.25) is 0 Å². The molecule has 0 spiro atoms. The summed E-state index contributed by atoms with van der Waals surface area (Å²) in [6.07, 6.45) is 7.98. The van der Waals surface area contributed by atoms with Crippen molar-refractivity contribution in [3.63, 3.8) is 0 Å². The van der Waals surface area contributed by atoms with Crippen LogP contribution < -0.4 is 5.32 Å². The molecule has 1 unspecified atom stereocenters. The van der Waals surface area contributed by atoms with Crippen molar-refractivity contribution in [3.05, 3.63) is 0 Å². The molecule has 0 aromatic heterocycles. The van der Waals surface area contributed by atoms with Gasteiger partial charge in [-0.1, -0.05) is 32.6 Å². The van der Waals surface area contributed by atoms with Gasteiger partial charge in [-0.3, -0.25) is 0 Å². The third kappa shape index (κ3) is 5.68. The normalized spacial score (nSPS) is 21.8. The quantitative estimate of drug-likeness (QED) is 0.686. The van der Waals surface area contributed by atoms with Gasteiger partial charge >= 0.3 is 0 Å². The maximum Gasteiger partial charge on any atom is 0.0638 e. The summed E-state index contributed by atoms with van der Waals surface area (Å²) >= 11 is 0. The molecule has 0 aromatic rings. The molecule has 1 rings (SSSR count). The Bertz CT molecular complexity index is 211. The third-order valence-electron chi connectivity index (χ3n) is 4.10. The summed E-state index contributed by atoms with van der Waals surface area (Å²) in [5.41, 5.74) is 0.427. The van der Waals surface area contributed by atoms with Crippen LogP contribution in [0.25, 0.3) is 0 Å². The predicted octanol–water partition coefficient (Wildman–Crippen LogP) is 2.25. The monoisotopic (exact) mass is 256 g/mol. The van der Waals surface area contributed by atoms with E-state index in [4.69, 9.17) is 0 Å². The molecular formula is C15H32N2O. The van der Waals surface area contributed by atoms with Crippen molar-refractivity contribution in [2.75, 3.05) is 33.2 Å². The van der Waals surface area contributed by atoms with E-state index in [-0.39, 0.29) is 6.10 Å². The van der Waals surface area contributed by atoms with E-state index in [1.54, 1.807) is 0 Å². The van der Waals surface area contributed by atoms with Gasteiger partial charge in [-0.15, -0.1) is 0 Å². The molecule has 108 valence electrons. The van der Waals surface area contributed by atoms with Crippen LogP contribution in [0.1, 0.15) is 52.4 Å². The summed E-state index contributed by atoms with van der Waals surface area (Å²) in [7, 11) is 2.14. The van der Waals surface area contributed by atoms with E-state index >= 15 is 0 Å². The number of hydrogen-bond donors (Lipinski definition) is 2. The average Bonchev–Trinajstić information content (AvgIpc) is 2.51. The highest BCUT2D eigenvalue weighted by atomic mass is 16.3. The van der Waals surface area contributed by atoms with Crippen molar-refractivity contribution in [3.8, 4) is 0 Å². The van der Waals surface area contributed by atoms with Gasteiger partial charge in [-0.25, -0.2) is 0 Å². The van der Waals surface area contributed by atoms with Gasteiger partial charge in [0.05, 0.1) is 6.10 Å². The lowest BCUT2D eigenvalue weighted by Crippen LogP contribution is -2.44. The van der Waals surface area contributed by atoms with Crippen molar-refractivity contribution in [2.45, 2.75) is 58.5 Å². The molecule has 0 amide bonds. The molecule has 1 fully saturated rings. The topological polar surface area (TPSA) is 35.5 Å². The Kier molecular flexibility index (Phi) is 7.20. The number of nitrogens with zero attached hydrogens (tertiary/aromatic N) is 1. The minimum atomic E-state index is -0.225. The number of aliphatic hydroxyl groups is 1. The molecule has 0 saturated heterocycles. The minimum absolute atomic E-state index is 0.225. The second kappa shape index (κ2) is 8.13.